The number of ether oxygens (including phenoxy) is 2. The van der Waals surface area contributed by atoms with Gasteiger partial charge in [0.25, 0.3) is 0 Å². The predicted octanol–water partition coefficient (Wildman–Crippen LogP) is 7.83. The molecule has 0 bridgehead atoms. The molecule has 0 saturated heterocycles. The summed E-state index contributed by atoms with van der Waals surface area (Å²) >= 11 is 1.20. The average Bonchev–Trinajstić information content (AvgIpc) is 2.94. The summed E-state index contributed by atoms with van der Waals surface area (Å²) in [7, 11) is 0. The summed E-state index contributed by atoms with van der Waals surface area (Å²) in [6.45, 7) is 11.2. The number of unbranched alkanes of at least 4 members (excludes halogenated alkanes) is 1. The predicted molar refractivity (Wildman–Crippen MR) is 173 cm³/mol. The first kappa shape index (κ1) is 33.7. The molecule has 0 aromatic heterocycles. The number of hydrogen-bond acceptors (Lipinski definition) is 6. The van der Waals surface area contributed by atoms with E-state index >= 15 is 0 Å². The standard InChI is InChI=1S/C35H44N2O5S/c1-33(2,3)41-31(39)36-25-17-16-24-29(37-32(40)42-34(4,5)6)30(38)43-35(26-18-10-7-11-19-26,27-20-12-8-13-21-27)28-22-14-9-15-23-28/h7-15,18-23,29H,16-17,24-25H2,1-6H3,(H,36,39)(H,37,40)/t29-/m0/s1. The highest BCUT2D eigenvalue weighted by molar-refractivity contribution is 8.14. The molecule has 0 radical (unpaired) electrons. The summed E-state index contributed by atoms with van der Waals surface area (Å²) in [5, 5.41) is 5.40. The van der Waals surface area contributed by atoms with E-state index in [2.05, 4.69) is 10.6 Å². The molecular weight excluding hydrogens is 560 g/mol. The number of carbonyl (C=O) groups excluding carboxylic acids is 3. The minimum Gasteiger partial charge on any atom is -0.444 e. The highest BCUT2D eigenvalue weighted by Gasteiger charge is 2.41. The lowest BCUT2D eigenvalue weighted by atomic mass is 9.84. The second-order valence-corrected chi connectivity index (χ2v) is 13.5. The van der Waals surface area contributed by atoms with Crippen LogP contribution in [0.4, 0.5) is 9.59 Å². The van der Waals surface area contributed by atoms with Crippen molar-refractivity contribution in [2.75, 3.05) is 6.54 Å². The van der Waals surface area contributed by atoms with Crippen LogP contribution in [0.25, 0.3) is 0 Å². The molecule has 3 aromatic carbocycles. The van der Waals surface area contributed by atoms with Crippen molar-refractivity contribution < 1.29 is 23.9 Å². The molecule has 0 aliphatic rings. The third-order valence-electron chi connectivity index (χ3n) is 6.36. The van der Waals surface area contributed by atoms with Crippen LogP contribution in [0.15, 0.2) is 91.0 Å². The Balaban J connectivity index is 1.90. The Morgan fingerprint density at radius 1 is 0.651 bits per heavy atom. The number of rotatable bonds is 11. The number of carbonyl (C=O) groups is 3. The van der Waals surface area contributed by atoms with Gasteiger partial charge in [-0.3, -0.25) is 4.79 Å². The summed E-state index contributed by atoms with van der Waals surface area (Å²) in [4.78, 5) is 39.2. The molecule has 0 aliphatic carbocycles. The van der Waals surface area contributed by atoms with Crippen LogP contribution in [0, 0.1) is 0 Å². The second-order valence-electron chi connectivity index (χ2n) is 12.3. The van der Waals surface area contributed by atoms with Gasteiger partial charge in [0, 0.05) is 6.54 Å². The molecule has 2 amide bonds. The minimum absolute atomic E-state index is 0.192. The van der Waals surface area contributed by atoms with Gasteiger partial charge in [0.05, 0.1) is 4.75 Å². The molecule has 0 fully saturated rings. The van der Waals surface area contributed by atoms with Gasteiger partial charge in [-0.15, -0.1) is 0 Å². The quantitative estimate of drug-likeness (QED) is 0.171. The van der Waals surface area contributed by atoms with Gasteiger partial charge in [0.2, 0.25) is 5.12 Å². The lowest BCUT2D eigenvalue weighted by Gasteiger charge is -2.35. The van der Waals surface area contributed by atoms with Gasteiger partial charge in [0.15, 0.2) is 0 Å². The molecule has 0 saturated carbocycles. The number of amides is 2. The lowest BCUT2D eigenvalue weighted by Crippen LogP contribution is -2.44. The average molecular weight is 605 g/mol. The fourth-order valence-electron chi connectivity index (χ4n) is 4.59. The first-order valence-corrected chi connectivity index (χ1v) is 15.5. The molecular formula is C35H44N2O5S. The fourth-order valence-corrected chi connectivity index (χ4v) is 5.98. The van der Waals surface area contributed by atoms with Crippen LogP contribution in [0.1, 0.15) is 77.5 Å². The maximum Gasteiger partial charge on any atom is 0.408 e. The van der Waals surface area contributed by atoms with Crippen LogP contribution in [0.5, 0.6) is 0 Å². The van der Waals surface area contributed by atoms with Crippen LogP contribution in [-0.4, -0.2) is 41.1 Å². The zero-order chi connectivity index (χ0) is 31.5. The highest BCUT2D eigenvalue weighted by atomic mass is 32.2. The van der Waals surface area contributed by atoms with E-state index in [1.54, 1.807) is 20.8 Å². The molecule has 3 aromatic rings. The number of hydrogen-bond donors (Lipinski definition) is 2. The van der Waals surface area contributed by atoms with Crippen LogP contribution in [0.2, 0.25) is 0 Å². The van der Waals surface area contributed by atoms with Crippen molar-refractivity contribution in [3.63, 3.8) is 0 Å². The number of thioether (sulfide) groups is 1. The van der Waals surface area contributed by atoms with Crippen LogP contribution >= 0.6 is 11.8 Å². The molecule has 8 heteroatoms. The summed E-state index contributed by atoms with van der Waals surface area (Å²) in [5.74, 6) is 0. The van der Waals surface area contributed by atoms with Crippen molar-refractivity contribution in [1.82, 2.24) is 10.6 Å². The third kappa shape index (κ3) is 10.5. The first-order chi connectivity index (χ1) is 20.3. The van der Waals surface area contributed by atoms with E-state index in [0.717, 1.165) is 16.7 Å². The van der Waals surface area contributed by atoms with E-state index in [-0.39, 0.29) is 5.12 Å². The van der Waals surface area contributed by atoms with Crippen LogP contribution in [-0.2, 0) is 19.0 Å². The van der Waals surface area contributed by atoms with Crippen molar-refractivity contribution in [2.45, 2.75) is 82.8 Å². The fraction of sp³-hybridized carbons (Fsp3) is 0.400. The highest BCUT2D eigenvalue weighted by Crippen LogP contribution is 2.49. The van der Waals surface area contributed by atoms with Gasteiger partial charge in [0.1, 0.15) is 17.2 Å². The summed E-state index contributed by atoms with van der Waals surface area (Å²) in [5.41, 5.74) is 1.54. The molecule has 7 nitrogen and oxygen atoms in total. The summed E-state index contributed by atoms with van der Waals surface area (Å²) in [6.07, 6.45) is 0.418. The molecule has 0 aliphatic heterocycles. The topological polar surface area (TPSA) is 93.7 Å². The third-order valence-corrected chi connectivity index (χ3v) is 7.86. The molecule has 0 heterocycles. The zero-order valence-electron chi connectivity index (χ0n) is 26.0. The molecule has 2 N–H and O–H groups in total. The second kappa shape index (κ2) is 15.1. The maximum absolute atomic E-state index is 14.3. The van der Waals surface area contributed by atoms with Crippen LogP contribution < -0.4 is 10.6 Å². The summed E-state index contributed by atoms with van der Waals surface area (Å²) < 4.78 is 9.96. The minimum atomic E-state index is -0.868. The SMILES string of the molecule is CC(C)(C)OC(=O)NCCCC[C@H](NC(=O)OC(C)(C)C)C(=O)SC(c1ccccc1)(c1ccccc1)c1ccccc1. The molecule has 230 valence electrons. The number of alkyl carbamates (subject to hydrolysis) is 2. The Morgan fingerprint density at radius 2 is 1.07 bits per heavy atom. The van der Waals surface area contributed by atoms with Gasteiger partial charge in [-0.2, -0.15) is 0 Å². The molecule has 43 heavy (non-hydrogen) atoms. The van der Waals surface area contributed by atoms with E-state index in [0.29, 0.717) is 25.8 Å². The van der Waals surface area contributed by atoms with E-state index in [4.69, 9.17) is 9.47 Å². The van der Waals surface area contributed by atoms with Crippen molar-refractivity contribution in [3.8, 4) is 0 Å². The van der Waals surface area contributed by atoms with Gasteiger partial charge >= 0.3 is 12.2 Å². The Kier molecular flexibility index (Phi) is 11.8. The molecule has 0 spiro atoms. The van der Waals surface area contributed by atoms with E-state index in [9.17, 15) is 14.4 Å². The number of nitrogens with one attached hydrogen (secondary N) is 2. The van der Waals surface area contributed by atoms with Crippen molar-refractivity contribution in [1.29, 1.82) is 0 Å². The van der Waals surface area contributed by atoms with Gasteiger partial charge in [-0.05, 0) is 77.5 Å². The Bertz CT molecular complexity index is 1220. The molecule has 0 unspecified atom stereocenters. The Hall–Kier alpha value is -3.78. The van der Waals surface area contributed by atoms with E-state index in [1.807, 2.05) is 112 Å². The monoisotopic (exact) mass is 604 g/mol. The Labute approximate surface area is 260 Å². The zero-order valence-corrected chi connectivity index (χ0v) is 26.8. The van der Waals surface area contributed by atoms with Gasteiger partial charge in [-0.25, -0.2) is 9.59 Å². The molecule has 3 rings (SSSR count). The maximum atomic E-state index is 14.3. The first-order valence-electron chi connectivity index (χ1n) is 14.7. The Morgan fingerprint density at radius 3 is 1.49 bits per heavy atom. The number of benzene rings is 3. The van der Waals surface area contributed by atoms with E-state index in [1.165, 1.54) is 11.8 Å². The van der Waals surface area contributed by atoms with E-state index < -0.39 is 34.2 Å². The van der Waals surface area contributed by atoms with Crippen molar-refractivity contribution in [3.05, 3.63) is 108 Å². The smallest absolute Gasteiger partial charge is 0.408 e. The van der Waals surface area contributed by atoms with Crippen molar-refractivity contribution >= 4 is 29.1 Å². The summed E-state index contributed by atoms with van der Waals surface area (Å²) in [6, 6.07) is 29.0. The largest absolute Gasteiger partial charge is 0.444 e. The van der Waals surface area contributed by atoms with Gasteiger partial charge < -0.3 is 20.1 Å². The van der Waals surface area contributed by atoms with Crippen molar-refractivity contribution in [2.24, 2.45) is 0 Å². The lowest BCUT2D eigenvalue weighted by molar-refractivity contribution is -0.113. The van der Waals surface area contributed by atoms with Crippen LogP contribution in [0.3, 0.4) is 0 Å². The molecule has 1 atom stereocenters. The van der Waals surface area contributed by atoms with Gasteiger partial charge in [-0.1, -0.05) is 103 Å². The normalized spacial score (nSPS) is 12.6.